The van der Waals surface area contributed by atoms with E-state index >= 15 is 0 Å². The van der Waals surface area contributed by atoms with Gasteiger partial charge >= 0.3 is 12.3 Å². The molecule has 25 heavy (non-hydrogen) atoms. The number of piperidine rings is 1. The molecule has 1 N–H and O–H groups in total. The van der Waals surface area contributed by atoms with Crippen LogP contribution >= 0.6 is 11.6 Å². The third-order valence-corrected chi connectivity index (χ3v) is 3.87. The average molecular weight is 380 g/mol. The van der Waals surface area contributed by atoms with E-state index in [9.17, 15) is 18.0 Å². The third-order valence-electron chi connectivity index (χ3n) is 3.59. The number of alkyl carbamates (subject to hydrolysis) is 1. The Morgan fingerprint density at radius 1 is 1.40 bits per heavy atom. The molecule has 0 aromatic carbocycles. The number of carbonyl (C=O) groups is 1. The van der Waals surface area contributed by atoms with Crippen molar-refractivity contribution < 1.29 is 22.7 Å². The summed E-state index contributed by atoms with van der Waals surface area (Å²) in [5.74, 6) is 0.283. The second-order valence-electron chi connectivity index (χ2n) is 6.96. The van der Waals surface area contributed by atoms with Gasteiger partial charge in [0.2, 0.25) is 0 Å². The van der Waals surface area contributed by atoms with Crippen molar-refractivity contribution in [1.82, 2.24) is 10.3 Å². The van der Waals surface area contributed by atoms with Crippen molar-refractivity contribution in [1.29, 1.82) is 0 Å². The van der Waals surface area contributed by atoms with Gasteiger partial charge in [0.1, 0.15) is 11.4 Å². The van der Waals surface area contributed by atoms with E-state index in [0.29, 0.717) is 13.1 Å². The largest absolute Gasteiger partial charge is 0.444 e. The van der Waals surface area contributed by atoms with Crippen LogP contribution in [0.2, 0.25) is 5.02 Å². The van der Waals surface area contributed by atoms with Crippen LogP contribution in [0, 0.1) is 0 Å². The molecule has 1 aromatic heterocycles. The number of nitrogens with one attached hydrogen (secondary N) is 1. The van der Waals surface area contributed by atoms with E-state index in [4.69, 9.17) is 16.3 Å². The maximum atomic E-state index is 12.7. The molecule has 0 aliphatic carbocycles. The zero-order valence-electron chi connectivity index (χ0n) is 14.3. The van der Waals surface area contributed by atoms with Crippen molar-refractivity contribution in [3.05, 3.63) is 22.8 Å². The summed E-state index contributed by atoms with van der Waals surface area (Å²) < 4.78 is 43.3. The minimum atomic E-state index is -4.49. The molecule has 1 aliphatic rings. The summed E-state index contributed by atoms with van der Waals surface area (Å²) in [5, 5.41) is 2.71. The number of rotatable bonds is 2. The van der Waals surface area contributed by atoms with Gasteiger partial charge in [-0.05, 0) is 39.7 Å². The number of anilines is 1. The van der Waals surface area contributed by atoms with Crippen molar-refractivity contribution in [2.45, 2.75) is 51.4 Å². The van der Waals surface area contributed by atoms with E-state index in [1.807, 2.05) is 0 Å². The summed E-state index contributed by atoms with van der Waals surface area (Å²) in [6, 6.07) is 0.679. The number of alkyl halides is 3. The highest BCUT2D eigenvalue weighted by Crippen LogP contribution is 2.34. The molecule has 9 heteroatoms. The van der Waals surface area contributed by atoms with Crippen molar-refractivity contribution in [3.63, 3.8) is 0 Å². The van der Waals surface area contributed by atoms with E-state index in [1.54, 1.807) is 25.7 Å². The molecule has 1 fully saturated rings. The minimum Gasteiger partial charge on any atom is -0.444 e. The number of carbonyl (C=O) groups excluding carboxylic acids is 1. The number of hydrogen-bond donors (Lipinski definition) is 1. The van der Waals surface area contributed by atoms with Gasteiger partial charge < -0.3 is 15.0 Å². The van der Waals surface area contributed by atoms with E-state index in [0.717, 1.165) is 25.1 Å². The monoisotopic (exact) mass is 379 g/mol. The van der Waals surface area contributed by atoms with Crippen molar-refractivity contribution in [2.75, 3.05) is 18.0 Å². The fourth-order valence-corrected chi connectivity index (χ4v) is 2.87. The van der Waals surface area contributed by atoms with Crippen LogP contribution in [0.15, 0.2) is 12.3 Å². The summed E-state index contributed by atoms with van der Waals surface area (Å²) >= 11 is 5.99. The fourth-order valence-electron chi connectivity index (χ4n) is 2.58. The molecule has 0 spiro atoms. The first kappa shape index (κ1) is 19.6. The summed E-state index contributed by atoms with van der Waals surface area (Å²) in [6.07, 6.45) is -2.75. The summed E-state index contributed by atoms with van der Waals surface area (Å²) in [7, 11) is 0. The van der Waals surface area contributed by atoms with Crippen LogP contribution in [0.5, 0.6) is 0 Å². The molecule has 1 aliphatic heterocycles. The molecule has 0 radical (unpaired) electrons. The molecule has 0 unspecified atom stereocenters. The van der Waals surface area contributed by atoms with Gasteiger partial charge in [0, 0.05) is 25.3 Å². The van der Waals surface area contributed by atoms with Crippen molar-refractivity contribution >= 4 is 23.5 Å². The Kier molecular flexibility index (Phi) is 5.71. The number of ether oxygens (including phenoxy) is 1. The average Bonchev–Trinajstić information content (AvgIpc) is 2.44. The Labute approximate surface area is 149 Å². The second kappa shape index (κ2) is 7.27. The molecule has 0 saturated carbocycles. The van der Waals surface area contributed by atoms with Gasteiger partial charge in [-0.15, -0.1) is 0 Å². The van der Waals surface area contributed by atoms with E-state index in [1.165, 1.54) is 0 Å². The van der Waals surface area contributed by atoms with Crippen LogP contribution in [0.1, 0.15) is 39.2 Å². The van der Waals surface area contributed by atoms with Crippen LogP contribution in [-0.2, 0) is 10.9 Å². The second-order valence-corrected chi connectivity index (χ2v) is 7.37. The number of pyridine rings is 1. The molecule has 1 saturated heterocycles. The number of halogens is 4. The highest BCUT2D eigenvalue weighted by molar-refractivity contribution is 6.33. The first-order valence-electron chi connectivity index (χ1n) is 7.93. The standard InChI is InChI=1S/C16H21ClF3N3O2/c1-15(2,3)25-14(24)22-11-5-4-6-23(9-11)13-12(17)7-10(8-21-13)16(18,19)20/h7-8,11H,4-6,9H2,1-3H3,(H,22,24)/t11-/m1/s1. The molecular formula is C16H21ClF3N3O2. The highest BCUT2D eigenvalue weighted by Gasteiger charge is 2.32. The Hall–Kier alpha value is -1.70. The molecule has 5 nitrogen and oxygen atoms in total. The number of amides is 1. The van der Waals surface area contributed by atoms with E-state index in [-0.39, 0.29) is 16.9 Å². The van der Waals surface area contributed by atoms with Crippen LogP contribution in [0.3, 0.4) is 0 Å². The third kappa shape index (κ3) is 5.66. The zero-order valence-corrected chi connectivity index (χ0v) is 15.0. The predicted octanol–water partition coefficient (Wildman–Crippen LogP) is 4.25. The van der Waals surface area contributed by atoms with Gasteiger partial charge in [-0.3, -0.25) is 0 Å². The lowest BCUT2D eigenvalue weighted by Crippen LogP contribution is -2.49. The quantitative estimate of drug-likeness (QED) is 0.834. The lowest BCUT2D eigenvalue weighted by atomic mass is 10.1. The van der Waals surface area contributed by atoms with Crippen LogP contribution in [-0.4, -0.2) is 35.8 Å². The molecule has 1 atom stereocenters. The van der Waals surface area contributed by atoms with Gasteiger partial charge in [0.15, 0.2) is 0 Å². The van der Waals surface area contributed by atoms with Crippen molar-refractivity contribution in [3.8, 4) is 0 Å². The number of nitrogens with zero attached hydrogens (tertiary/aromatic N) is 2. The first-order chi connectivity index (χ1) is 11.5. The lowest BCUT2D eigenvalue weighted by molar-refractivity contribution is -0.137. The maximum absolute atomic E-state index is 12.7. The van der Waals surface area contributed by atoms with Gasteiger partial charge in [0.05, 0.1) is 10.6 Å². The molecule has 1 amide bonds. The topological polar surface area (TPSA) is 54.5 Å². The first-order valence-corrected chi connectivity index (χ1v) is 8.31. The molecule has 0 bridgehead atoms. The molecule has 140 valence electrons. The molecule has 2 rings (SSSR count). The van der Waals surface area contributed by atoms with Crippen LogP contribution in [0.25, 0.3) is 0 Å². The Morgan fingerprint density at radius 2 is 2.08 bits per heavy atom. The molecule has 2 heterocycles. The lowest BCUT2D eigenvalue weighted by Gasteiger charge is -2.34. The normalized spacial score (nSPS) is 18.8. The molecular weight excluding hydrogens is 359 g/mol. The summed E-state index contributed by atoms with van der Waals surface area (Å²) in [5.41, 5.74) is -1.49. The highest BCUT2D eigenvalue weighted by atomic mass is 35.5. The Bertz CT molecular complexity index is 632. The maximum Gasteiger partial charge on any atom is 0.417 e. The Balaban J connectivity index is 2.05. The zero-order chi connectivity index (χ0) is 18.8. The van der Waals surface area contributed by atoms with Gasteiger partial charge in [-0.25, -0.2) is 9.78 Å². The number of hydrogen-bond acceptors (Lipinski definition) is 4. The fraction of sp³-hybridized carbons (Fsp3) is 0.625. The van der Waals surface area contributed by atoms with Gasteiger partial charge in [0.25, 0.3) is 0 Å². The Morgan fingerprint density at radius 3 is 2.64 bits per heavy atom. The van der Waals surface area contributed by atoms with Crippen molar-refractivity contribution in [2.24, 2.45) is 0 Å². The smallest absolute Gasteiger partial charge is 0.417 e. The predicted molar refractivity (Wildman–Crippen MR) is 88.9 cm³/mol. The van der Waals surface area contributed by atoms with Gasteiger partial charge in [-0.2, -0.15) is 13.2 Å². The van der Waals surface area contributed by atoms with Gasteiger partial charge in [-0.1, -0.05) is 11.6 Å². The summed E-state index contributed by atoms with van der Waals surface area (Å²) in [6.45, 7) is 6.31. The molecule has 1 aromatic rings. The van der Waals surface area contributed by atoms with E-state index < -0.39 is 23.4 Å². The van der Waals surface area contributed by atoms with E-state index in [2.05, 4.69) is 10.3 Å². The summed E-state index contributed by atoms with van der Waals surface area (Å²) in [4.78, 5) is 17.5. The minimum absolute atomic E-state index is 0.0623. The number of aromatic nitrogens is 1. The van der Waals surface area contributed by atoms with Crippen LogP contribution < -0.4 is 10.2 Å². The SMILES string of the molecule is CC(C)(C)OC(=O)N[C@@H]1CCCN(c2ncc(C(F)(F)F)cc2Cl)C1. The van der Waals surface area contributed by atoms with Crippen LogP contribution in [0.4, 0.5) is 23.8 Å².